The van der Waals surface area contributed by atoms with E-state index in [4.69, 9.17) is 0 Å². The largest absolute Gasteiger partial charge is 0.393 e. The first-order valence-corrected chi connectivity index (χ1v) is 14.0. The summed E-state index contributed by atoms with van der Waals surface area (Å²) >= 11 is 1.08. The van der Waals surface area contributed by atoms with Crippen molar-refractivity contribution in [3.05, 3.63) is 47.1 Å². The predicted octanol–water partition coefficient (Wildman–Crippen LogP) is 4.56. The van der Waals surface area contributed by atoms with Crippen molar-refractivity contribution in [1.29, 1.82) is 0 Å². The Morgan fingerprint density at radius 2 is 1.97 bits per heavy atom. The van der Waals surface area contributed by atoms with Crippen molar-refractivity contribution < 1.29 is 23.0 Å². The average Bonchev–Trinajstić information content (AvgIpc) is 3.35. The molecule has 2 aliphatic rings. The van der Waals surface area contributed by atoms with Crippen LogP contribution in [0, 0.1) is 5.41 Å². The summed E-state index contributed by atoms with van der Waals surface area (Å²) in [6, 6.07) is 9.66. The highest BCUT2D eigenvalue weighted by Gasteiger charge is 2.49. The molecule has 3 aromatic rings. The predicted molar refractivity (Wildman–Crippen MR) is 133 cm³/mol. The Morgan fingerprint density at radius 1 is 1.23 bits per heavy atom. The minimum atomic E-state index is -4.24. The smallest absolute Gasteiger partial charge is 0.382 e. The third-order valence-corrected chi connectivity index (χ3v) is 8.41. The number of halogens is 3. The maximum absolute atomic E-state index is 12.8. The molecule has 0 radical (unpaired) electrons. The molecule has 3 heterocycles. The van der Waals surface area contributed by atoms with Crippen LogP contribution in [-0.2, 0) is 23.0 Å². The fraction of sp³-hybridized carbons (Fsp3) is 0.478. The van der Waals surface area contributed by atoms with Gasteiger partial charge in [0.05, 0.1) is 18.1 Å². The lowest BCUT2D eigenvalue weighted by Gasteiger charge is -2.46. The molecule has 1 aliphatic heterocycles. The maximum atomic E-state index is 12.8. The van der Waals surface area contributed by atoms with E-state index in [1.807, 2.05) is 24.3 Å². The first-order chi connectivity index (χ1) is 16.5. The van der Waals surface area contributed by atoms with Gasteiger partial charge in [0, 0.05) is 37.7 Å². The molecule has 0 bridgehead atoms. The number of alkyl halides is 3. The number of thiophene rings is 1. The molecule has 7 nitrogen and oxygen atoms in total. The van der Waals surface area contributed by atoms with E-state index in [1.165, 1.54) is 6.33 Å². The third kappa shape index (κ3) is 5.70. The fourth-order valence-corrected chi connectivity index (χ4v) is 6.59. The number of sulfonamides is 1. The van der Waals surface area contributed by atoms with Gasteiger partial charge in [-0.25, -0.2) is 23.1 Å². The molecule has 0 amide bonds. The quantitative estimate of drug-likeness (QED) is 0.469. The summed E-state index contributed by atoms with van der Waals surface area (Å²) in [6.07, 6.45) is 0.436. The molecule has 35 heavy (non-hydrogen) atoms. The van der Waals surface area contributed by atoms with Gasteiger partial charge in [-0.05, 0) is 48.4 Å². The number of nitrogens with zero attached hydrogens (tertiary/aromatic N) is 3. The van der Waals surface area contributed by atoms with Crippen LogP contribution in [0.1, 0.15) is 31.1 Å². The summed E-state index contributed by atoms with van der Waals surface area (Å²) < 4.78 is 63.5. The molecule has 1 saturated heterocycles. The molecular formula is C23H28F3N5O2S2. The number of anilines is 2. The summed E-state index contributed by atoms with van der Waals surface area (Å²) in [5.41, 5.74) is 2.07. The van der Waals surface area contributed by atoms with Gasteiger partial charge in [0.1, 0.15) is 17.0 Å². The molecule has 0 atom stereocenters. The fourth-order valence-electron chi connectivity index (χ4n) is 5.14. The zero-order chi connectivity index (χ0) is 24.8. The molecular weight excluding hydrogens is 499 g/mol. The number of rotatable bonds is 7. The number of nitrogens with one attached hydrogen (secondary N) is 2. The Morgan fingerprint density at radius 3 is 2.66 bits per heavy atom. The summed E-state index contributed by atoms with van der Waals surface area (Å²) in [7, 11) is -3.22. The van der Waals surface area contributed by atoms with Crippen LogP contribution in [0.25, 0.3) is 10.2 Å². The Labute approximate surface area is 207 Å². The van der Waals surface area contributed by atoms with Gasteiger partial charge >= 0.3 is 6.18 Å². The van der Waals surface area contributed by atoms with Crippen molar-refractivity contribution in [1.82, 2.24) is 14.7 Å². The maximum Gasteiger partial charge on any atom is 0.393 e. The number of aromatic nitrogens is 2. The Hall–Kier alpha value is -2.44. The number of fused-ring (bicyclic) bond motifs is 1. The van der Waals surface area contributed by atoms with Crippen LogP contribution in [0.3, 0.4) is 0 Å². The monoisotopic (exact) mass is 527 g/mol. The SMILES string of the molecule is CS(=O)(=O)NCc1ccc(NC2CC3(CCN(c4ncnc5sc(CC(F)(F)F)cc45)C3)C2)cc1.[HH]. The molecule has 1 spiro atoms. The normalized spacial score (nSPS) is 22.6. The first-order valence-electron chi connectivity index (χ1n) is 11.3. The van der Waals surface area contributed by atoms with Crippen molar-refractivity contribution in [3.63, 3.8) is 0 Å². The second-order valence-electron chi connectivity index (χ2n) is 9.63. The van der Waals surface area contributed by atoms with Crippen LogP contribution < -0.4 is 14.9 Å². The molecule has 2 fully saturated rings. The minimum Gasteiger partial charge on any atom is -0.382 e. The Balaban J connectivity index is 0.00000304. The highest BCUT2D eigenvalue weighted by molar-refractivity contribution is 7.88. The van der Waals surface area contributed by atoms with E-state index in [1.54, 1.807) is 6.07 Å². The molecule has 2 N–H and O–H groups in total. The molecule has 1 saturated carbocycles. The zero-order valence-corrected chi connectivity index (χ0v) is 20.7. The second kappa shape index (κ2) is 8.90. The molecule has 5 rings (SSSR count). The molecule has 12 heteroatoms. The van der Waals surface area contributed by atoms with Gasteiger partial charge in [0.15, 0.2) is 0 Å². The van der Waals surface area contributed by atoms with Crippen molar-refractivity contribution in [2.75, 3.05) is 29.6 Å². The minimum absolute atomic E-state index is 0. The van der Waals surface area contributed by atoms with E-state index in [2.05, 4.69) is 24.9 Å². The second-order valence-corrected chi connectivity index (χ2v) is 12.6. The Bertz CT molecular complexity index is 1330. The van der Waals surface area contributed by atoms with E-state index < -0.39 is 22.6 Å². The van der Waals surface area contributed by atoms with Gasteiger partial charge in [0.25, 0.3) is 0 Å². The van der Waals surface area contributed by atoms with E-state index >= 15 is 0 Å². The molecule has 0 unspecified atom stereocenters. The lowest BCUT2D eigenvalue weighted by molar-refractivity contribution is -0.126. The van der Waals surface area contributed by atoms with Crippen LogP contribution in [0.2, 0.25) is 0 Å². The van der Waals surface area contributed by atoms with Crippen molar-refractivity contribution in [3.8, 4) is 0 Å². The standard InChI is InChI=1S/C23H26F3N5O2S2.H2/c1-35(32,33)29-12-15-2-4-16(5-3-15)30-17-9-22(10-17)6-7-31(13-22)20-19-8-18(11-23(24,25)26)34-21(19)28-14-27-20;/h2-5,8,14,17,29-30H,6-7,9-13H2,1H3;1H. The lowest BCUT2D eigenvalue weighted by Crippen LogP contribution is -2.46. The average molecular weight is 528 g/mol. The summed E-state index contributed by atoms with van der Waals surface area (Å²) in [6.45, 7) is 1.92. The van der Waals surface area contributed by atoms with Crippen LogP contribution in [0.5, 0.6) is 0 Å². The van der Waals surface area contributed by atoms with Gasteiger partial charge in [-0.2, -0.15) is 13.2 Å². The van der Waals surface area contributed by atoms with E-state index in [9.17, 15) is 21.6 Å². The van der Waals surface area contributed by atoms with Gasteiger partial charge < -0.3 is 10.2 Å². The number of hydrogen-bond donors (Lipinski definition) is 2. The molecule has 1 aliphatic carbocycles. The molecule has 2 aromatic heterocycles. The van der Waals surface area contributed by atoms with Crippen LogP contribution in [-0.4, -0.2) is 49.9 Å². The molecule has 1 aromatic carbocycles. The van der Waals surface area contributed by atoms with Crippen LogP contribution in [0.4, 0.5) is 24.7 Å². The van der Waals surface area contributed by atoms with E-state index in [0.29, 0.717) is 16.3 Å². The topological polar surface area (TPSA) is 87.2 Å². The van der Waals surface area contributed by atoms with Gasteiger partial charge in [-0.15, -0.1) is 11.3 Å². The van der Waals surface area contributed by atoms with Gasteiger partial charge in [-0.3, -0.25) is 0 Å². The van der Waals surface area contributed by atoms with Crippen LogP contribution in [0.15, 0.2) is 36.7 Å². The van der Waals surface area contributed by atoms with E-state index in [-0.39, 0.29) is 18.3 Å². The highest BCUT2D eigenvalue weighted by atomic mass is 32.2. The first kappa shape index (κ1) is 24.3. The number of hydrogen-bond acceptors (Lipinski definition) is 7. The van der Waals surface area contributed by atoms with Gasteiger partial charge in [0.2, 0.25) is 10.0 Å². The van der Waals surface area contributed by atoms with Crippen LogP contribution >= 0.6 is 11.3 Å². The highest BCUT2D eigenvalue weighted by Crippen LogP contribution is 2.50. The zero-order valence-electron chi connectivity index (χ0n) is 19.1. The van der Waals surface area contributed by atoms with Crippen molar-refractivity contribution in [2.45, 2.75) is 44.4 Å². The summed E-state index contributed by atoms with van der Waals surface area (Å²) in [4.78, 5) is 11.7. The van der Waals surface area contributed by atoms with Crippen molar-refractivity contribution >= 4 is 43.1 Å². The third-order valence-electron chi connectivity index (χ3n) is 6.69. The molecule has 190 valence electrons. The van der Waals surface area contributed by atoms with Gasteiger partial charge in [-0.1, -0.05) is 12.1 Å². The van der Waals surface area contributed by atoms with Crippen molar-refractivity contribution in [2.24, 2.45) is 5.41 Å². The lowest BCUT2D eigenvalue weighted by atomic mass is 9.65. The summed E-state index contributed by atoms with van der Waals surface area (Å²) in [5, 5.41) is 4.25. The number of benzene rings is 1. The Kier molecular flexibility index (Phi) is 6.17. The summed E-state index contributed by atoms with van der Waals surface area (Å²) in [5.74, 6) is 0.728. The van der Waals surface area contributed by atoms with E-state index in [0.717, 1.165) is 67.0 Å².